The van der Waals surface area contributed by atoms with Crippen molar-refractivity contribution in [2.24, 2.45) is 5.10 Å². The maximum atomic E-state index is 5.33. The van der Waals surface area contributed by atoms with E-state index < -0.39 is 0 Å². The van der Waals surface area contributed by atoms with Crippen LogP contribution in [0.25, 0.3) is 0 Å². The molecule has 3 N–H and O–H groups in total. The molecule has 33 heavy (non-hydrogen) atoms. The fraction of sp³-hybridized carbons (Fsp3) is 0.0833. The highest BCUT2D eigenvalue weighted by Crippen LogP contribution is 2.27. The second-order valence-electron chi connectivity index (χ2n) is 6.77. The second-order valence-corrected chi connectivity index (χ2v) is 6.77. The average Bonchev–Trinajstić information content (AvgIpc) is 2.85. The first-order valence-electron chi connectivity index (χ1n) is 10.1. The number of nitrogens with zero attached hydrogens (tertiary/aromatic N) is 4. The first kappa shape index (κ1) is 21.6. The molecule has 0 saturated carbocycles. The first-order chi connectivity index (χ1) is 16.2. The van der Waals surface area contributed by atoms with Crippen molar-refractivity contribution in [1.29, 1.82) is 0 Å². The van der Waals surface area contributed by atoms with Gasteiger partial charge in [-0.3, -0.25) is 0 Å². The largest absolute Gasteiger partial charge is 0.493 e. The highest BCUT2D eigenvalue weighted by molar-refractivity contribution is 5.81. The van der Waals surface area contributed by atoms with Gasteiger partial charge in [-0.25, -0.2) is 5.43 Å². The SMILES string of the molecule is COc1ccc(/C=N/Nc2nc(Nc3ccccc3)nc(Nc3ccccc3)n2)cc1OC. The van der Waals surface area contributed by atoms with E-state index in [2.05, 4.69) is 36.1 Å². The molecule has 4 rings (SSSR count). The molecule has 166 valence electrons. The molecule has 0 unspecified atom stereocenters. The fourth-order valence-corrected chi connectivity index (χ4v) is 2.94. The lowest BCUT2D eigenvalue weighted by Crippen LogP contribution is -2.07. The van der Waals surface area contributed by atoms with E-state index in [-0.39, 0.29) is 5.95 Å². The quantitative estimate of drug-likeness (QED) is 0.251. The number of para-hydroxylation sites is 2. The summed E-state index contributed by atoms with van der Waals surface area (Å²) < 4.78 is 10.6. The van der Waals surface area contributed by atoms with Crippen molar-refractivity contribution in [3.05, 3.63) is 84.4 Å². The van der Waals surface area contributed by atoms with Gasteiger partial charge < -0.3 is 20.1 Å². The summed E-state index contributed by atoms with van der Waals surface area (Å²) in [7, 11) is 3.18. The van der Waals surface area contributed by atoms with Gasteiger partial charge in [0.25, 0.3) is 0 Å². The summed E-state index contributed by atoms with van der Waals surface area (Å²) in [4.78, 5) is 13.3. The van der Waals surface area contributed by atoms with Gasteiger partial charge in [0.1, 0.15) is 0 Å². The third kappa shape index (κ3) is 5.95. The zero-order valence-corrected chi connectivity index (χ0v) is 18.2. The van der Waals surface area contributed by atoms with Crippen LogP contribution in [0.5, 0.6) is 11.5 Å². The van der Waals surface area contributed by atoms with Crippen molar-refractivity contribution in [2.45, 2.75) is 0 Å². The maximum absolute atomic E-state index is 5.33. The smallest absolute Gasteiger partial charge is 0.250 e. The van der Waals surface area contributed by atoms with Crippen molar-refractivity contribution >= 4 is 35.4 Å². The topological polar surface area (TPSA) is 106 Å². The summed E-state index contributed by atoms with van der Waals surface area (Å²) in [6.07, 6.45) is 1.64. The maximum Gasteiger partial charge on any atom is 0.250 e. The molecule has 9 nitrogen and oxygen atoms in total. The Labute approximate surface area is 191 Å². The lowest BCUT2D eigenvalue weighted by molar-refractivity contribution is 0.355. The lowest BCUT2D eigenvalue weighted by Gasteiger charge is -2.10. The predicted octanol–water partition coefficient (Wildman–Crippen LogP) is 4.82. The second kappa shape index (κ2) is 10.6. The summed E-state index contributed by atoms with van der Waals surface area (Å²) >= 11 is 0. The van der Waals surface area contributed by atoms with Gasteiger partial charge in [-0.2, -0.15) is 20.1 Å². The lowest BCUT2D eigenvalue weighted by atomic mass is 10.2. The zero-order valence-electron chi connectivity index (χ0n) is 18.2. The van der Waals surface area contributed by atoms with Crippen LogP contribution in [-0.4, -0.2) is 35.4 Å². The van der Waals surface area contributed by atoms with Gasteiger partial charge in [0, 0.05) is 11.4 Å². The molecule has 0 bridgehead atoms. The number of benzene rings is 3. The van der Waals surface area contributed by atoms with Gasteiger partial charge in [-0.05, 0) is 48.0 Å². The Hall–Kier alpha value is -4.66. The van der Waals surface area contributed by atoms with Crippen LogP contribution in [0, 0.1) is 0 Å². The van der Waals surface area contributed by atoms with Gasteiger partial charge in [0.05, 0.1) is 20.4 Å². The van der Waals surface area contributed by atoms with Crippen LogP contribution in [-0.2, 0) is 0 Å². The Kier molecular flexibility index (Phi) is 6.92. The molecular weight excluding hydrogens is 418 g/mol. The monoisotopic (exact) mass is 441 g/mol. The van der Waals surface area contributed by atoms with Crippen molar-refractivity contribution < 1.29 is 9.47 Å². The van der Waals surface area contributed by atoms with Crippen LogP contribution in [0.2, 0.25) is 0 Å². The summed E-state index contributed by atoms with van der Waals surface area (Å²) in [5.41, 5.74) is 5.40. The zero-order chi connectivity index (χ0) is 22.9. The normalized spacial score (nSPS) is 10.6. The summed E-state index contributed by atoms with van der Waals surface area (Å²) in [6, 6.07) is 24.8. The van der Waals surface area contributed by atoms with Crippen LogP contribution in [0.15, 0.2) is 84.0 Å². The van der Waals surface area contributed by atoms with Crippen LogP contribution in [0.4, 0.5) is 29.2 Å². The number of anilines is 5. The van der Waals surface area contributed by atoms with Gasteiger partial charge in [-0.15, -0.1) is 0 Å². The number of hydrazone groups is 1. The van der Waals surface area contributed by atoms with Crippen LogP contribution in [0.1, 0.15) is 5.56 Å². The Morgan fingerprint density at radius 2 is 1.21 bits per heavy atom. The van der Waals surface area contributed by atoms with Crippen molar-refractivity contribution in [3.63, 3.8) is 0 Å². The van der Waals surface area contributed by atoms with E-state index in [0.29, 0.717) is 23.4 Å². The highest BCUT2D eigenvalue weighted by Gasteiger charge is 2.08. The van der Waals surface area contributed by atoms with Crippen LogP contribution < -0.4 is 25.5 Å². The molecule has 1 aromatic heterocycles. The predicted molar refractivity (Wildman–Crippen MR) is 130 cm³/mol. The fourth-order valence-electron chi connectivity index (χ4n) is 2.94. The number of methoxy groups -OCH3 is 2. The van der Waals surface area contributed by atoms with Crippen LogP contribution in [0.3, 0.4) is 0 Å². The number of hydrogen-bond donors (Lipinski definition) is 3. The molecule has 0 fully saturated rings. The van der Waals surface area contributed by atoms with Crippen molar-refractivity contribution in [2.75, 3.05) is 30.3 Å². The molecule has 0 spiro atoms. The third-order valence-corrected chi connectivity index (χ3v) is 4.48. The molecule has 0 aliphatic carbocycles. The number of ether oxygens (including phenoxy) is 2. The number of rotatable bonds is 9. The van der Waals surface area contributed by atoms with Crippen molar-refractivity contribution in [3.8, 4) is 11.5 Å². The molecule has 0 radical (unpaired) electrons. The average molecular weight is 441 g/mol. The van der Waals surface area contributed by atoms with Gasteiger partial charge >= 0.3 is 0 Å². The van der Waals surface area contributed by atoms with Gasteiger partial charge in [0.15, 0.2) is 11.5 Å². The molecule has 0 atom stereocenters. The van der Waals surface area contributed by atoms with E-state index in [9.17, 15) is 0 Å². The molecule has 9 heteroatoms. The number of hydrogen-bond acceptors (Lipinski definition) is 9. The first-order valence-corrected chi connectivity index (χ1v) is 10.1. The van der Waals surface area contributed by atoms with Crippen LogP contribution >= 0.6 is 0 Å². The van der Waals surface area contributed by atoms with E-state index >= 15 is 0 Å². The summed E-state index contributed by atoms with van der Waals surface area (Å²) in [5.74, 6) is 2.29. The minimum absolute atomic E-state index is 0.276. The Balaban J connectivity index is 1.56. The Bertz CT molecular complexity index is 1160. The van der Waals surface area contributed by atoms with Gasteiger partial charge in [0.2, 0.25) is 17.8 Å². The van der Waals surface area contributed by atoms with E-state index in [4.69, 9.17) is 9.47 Å². The van der Waals surface area contributed by atoms with Crippen molar-refractivity contribution in [1.82, 2.24) is 15.0 Å². The minimum atomic E-state index is 0.276. The van der Waals surface area contributed by atoms with E-state index in [1.54, 1.807) is 20.4 Å². The molecular formula is C24H23N7O2. The summed E-state index contributed by atoms with van der Waals surface area (Å²) in [6.45, 7) is 0. The third-order valence-electron chi connectivity index (χ3n) is 4.48. The Morgan fingerprint density at radius 3 is 1.76 bits per heavy atom. The molecule has 4 aromatic rings. The Morgan fingerprint density at radius 1 is 0.667 bits per heavy atom. The van der Waals surface area contributed by atoms with E-state index in [1.165, 1.54) is 0 Å². The number of nitrogens with one attached hydrogen (secondary N) is 3. The molecule has 0 saturated heterocycles. The number of aromatic nitrogens is 3. The molecule has 0 aliphatic heterocycles. The standard InChI is InChI=1S/C24H23N7O2/c1-32-20-14-13-17(15-21(20)33-2)16-25-31-24-29-22(26-18-9-5-3-6-10-18)28-23(30-24)27-19-11-7-4-8-12-19/h3-16H,1-2H3,(H3,26,27,28,29,30,31)/b25-16+. The summed E-state index contributed by atoms with van der Waals surface area (Å²) in [5, 5.41) is 10.6. The molecule has 3 aromatic carbocycles. The minimum Gasteiger partial charge on any atom is -0.493 e. The molecule has 0 amide bonds. The molecule has 1 heterocycles. The van der Waals surface area contributed by atoms with Gasteiger partial charge in [-0.1, -0.05) is 36.4 Å². The van der Waals surface area contributed by atoms with E-state index in [1.807, 2.05) is 78.9 Å². The van der Waals surface area contributed by atoms with E-state index in [0.717, 1.165) is 16.9 Å². The highest BCUT2D eigenvalue weighted by atomic mass is 16.5. The molecule has 0 aliphatic rings.